The number of halogens is 2. The topological polar surface area (TPSA) is 12.9 Å². The van der Waals surface area contributed by atoms with Gasteiger partial charge in [-0.15, -0.1) is 6.42 Å². The first-order valence-electron chi connectivity index (χ1n) is 2.52. The third-order valence-electron chi connectivity index (χ3n) is 0.979. The van der Waals surface area contributed by atoms with Gasteiger partial charge in [0.05, 0.1) is 5.02 Å². The number of pyridine rings is 1. The van der Waals surface area contributed by atoms with Crippen LogP contribution in [-0.2, 0) is 0 Å². The van der Waals surface area contributed by atoms with Crippen LogP contribution in [0.3, 0.4) is 0 Å². The Morgan fingerprint density at radius 2 is 2.40 bits per heavy atom. The van der Waals surface area contributed by atoms with Crippen molar-refractivity contribution in [1.82, 2.24) is 4.98 Å². The second kappa shape index (κ2) is 2.68. The van der Waals surface area contributed by atoms with Crippen LogP contribution in [0.15, 0.2) is 12.3 Å². The smallest absolute Gasteiger partial charge is 0.175 e. The molecule has 0 atom stereocenters. The highest BCUT2D eigenvalue weighted by atomic mass is 35.5. The van der Waals surface area contributed by atoms with Crippen molar-refractivity contribution in [3.05, 3.63) is 28.8 Å². The van der Waals surface area contributed by atoms with E-state index in [-0.39, 0.29) is 10.7 Å². The molecule has 1 aromatic heterocycles. The molecule has 1 heterocycles. The van der Waals surface area contributed by atoms with Gasteiger partial charge >= 0.3 is 0 Å². The van der Waals surface area contributed by atoms with Crippen molar-refractivity contribution in [2.45, 2.75) is 0 Å². The van der Waals surface area contributed by atoms with Crippen LogP contribution in [-0.4, -0.2) is 4.98 Å². The van der Waals surface area contributed by atoms with Gasteiger partial charge in [0.15, 0.2) is 5.82 Å². The third kappa shape index (κ3) is 1.09. The summed E-state index contributed by atoms with van der Waals surface area (Å²) < 4.78 is 12.7. The van der Waals surface area contributed by atoms with Gasteiger partial charge in [-0.1, -0.05) is 11.6 Å². The van der Waals surface area contributed by atoms with E-state index in [9.17, 15) is 4.39 Å². The van der Waals surface area contributed by atoms with E-state index >= 15 is 0 Å². The van der Waals surface area contributed by atoms with Crippen LogP contribution in [0.4, 0.5) is 4.39 Å². The van der Waals surface area contributed by atoms with Crippen molar-refractivity contribution in [3.8, 4) is 12.3 Å². The molecule has 1 rings (SSSR count). The van der Waals surface area contributed by atoms with Crippen molar-refractivity contribution < 1.29 is 4.39 Å². The lowest BCUT2D eigenvalue weighted by atomic mass is 10.3. The number of aromatic nitrogens is 1. The molecule has 3 heteroatoms. The normalized spacial score (nSPS) is 8.90. The largest absolute Gasteiger partial charge is 0.245 e. The summed E-state index contributed by atoms with van der Waals surface area (Å²) in [7, 11) is 0. The Hall–Kier alpha value is -1.07. The van der Waals surface area contributed by atoms with E-state index in [1.165, 1.54) is 12.3 Å². The minimum atomic E-state index is -0.633. The summed E-state index contributed by atoms with van der Waals surface area (Å²) in [6, 6.07) is 1.34. The van der Waals surface area contributed by atoms with Gasteiger partial charge in [-0.05, 0) is 12.0 Å². The minimum Gasteiger partial charge on any atom is -0.245 e. The summed E-state index contributed by atoms with van der Waals surface area (Å²) in [5, 5.41) is 0.00273. The summed E-state index contributed by atoms with van der Waals surface area (Å²) in [4.78, 5) is 3.56. The molecule has 0 N–H and O–H groups in total. The van der Waals surface area contributed by atoms with Crippen LogP contribution in [0.2, 0.25) is 5.02 Å². The Labute approximate surface area is 62.8 Å². The van der Waals surface area contributed by atoms with Crippen LogP contribution in [0, 0.1) is 18.2 Å². The van der Waals surface area contributed by atoms with Crippen LogP contribution in [0.5, 0.6) is 0 Å². The van der Waals surface area contributed by atoms with E-state index in [1.54, 1.807) is 0 Å². The molecule has 0 saturated carbocycles. The van der Waals surface area contributed by atoms with E-state index < -0.39 is 5.82 Å². The lowest BCUT2D eigenvalue weighted by Crippen LogP contribution is -1.87. The van der Waals surface area contributed by atoms with Crippen LogP contribution in [0.25, 0.3) is 0 Å². The molecule has 0 saturated heterocycles. The molecule has 0 aromatic carbocycles. The van der Waals surface area contributed by atoms with E-state index in [0.29, 0.717) is 0 Å². The van der Waals surface area contributed by atoms with Crippen LogP contribution >= 0.6 is 11.6 Å². The number of rotatable bonds is 0. The first-order valence-corrected chi connectivity index (χ1v) is 2.90. The Balaban J connectivity index is 3.31. The molecule has 0 aliphatic carbocycles. The molecule has 0 radical (unpaired) electrons. The maximum Gasteiger partial charge on any atom is 0.175 e. The molecule has 0 spiro atoms. The average molecular weight is 156 g/mol. The minimum absolute atomic E-state index is 0.00273. The number of hydrogen-bond donors (Lipinski definition) is 0. The fourth-order valence-corrected chi connectivity index (χ4v) is 0.667. The summed E-state index contributed by atoms with van der Waals surface area (Å²) in [5.41, 5.74) is -0.0486. The van der Waals surface area contributed by atoms with Gasteiger partial charge in [0.1, 0.15) is 5.69 Å². The van der Waals surface area contributed by atoms with Crippen molar-refractivity contribution in [3.63, 3.8) is 0 Å². The van der Waals surface area contributed by atoms with Gasteiger partial charge in [0, 0.05) is 6.20 Å². The van der Waals surface area contributed by atoms with Crippen LogP contribution < -0.4 is 0 Å². The first kappa shape index (κ1) is 7.04. The Bertz CT molecular complexity index is 290. The quantitative estimate of drug-likeness (QED) is 0.521. The summed E-state index contributed by atoms with van der Waals surface area (Å²) in [6.07, 6.45) is 6.27. The molecular weight excluding hydrogens is 153 g/mol. The summed E-state index contributed by atoms with van der Waals surface area (Å²) in [5.74, 6) is 1.43. The summed E-state index contributed by atoms with van der Waals surface area (Å²) in [6.45, 7) is 0. The zero-order valence-corrected chi connectivity index (χ0v) is 5.69. The Kier molecular flexibility index (Phi) is 1.88. The molecule has 0 aliphatic heterocycles. The fourth-order valence-electron chi connectivity index (χ4n) is 0.521. The number of terminal acetylenes is 1. The monoisotopic (exact) mass is 155 g/mol. The highest BCUT2D eigenvalue weighted by Crippen LogP contribution is 2.14. The lowest BCUT2D eigenvalue weighted by molar-refractivity contribution is 0.617. The van der Waals surface area contributed by atoms with Gasteiger partial charge in [-0.3, -0.25) is 0 Å². The highest BCUT2D eigenvalue weighted by molar-refractivity contribution is 6.30. The van der Waals surface area contributed by atoms with E-state index in [0.717, 1.165) is 0 Å². The molecule has 0 bridgehead atoms. The molecule has 0 aliphatic rings. The molecule has 50 valence electrons. The van der Waals surface area contributed by atoms with Crippen molar-refractivity contribution >= 4 is 11.6 Å². The van der Waals surface area contributed by atoms with Gasteiger partial charge in [0.2, 0.25) is 0 Å². The first-order chi connectivity index (χ1) is 4.75. The fraction of sp³-hybridized carbons (Fsp3) is 0. The van der Waals surface area contributed by atoms with Crippen molar-refractivity contribution in [2.24, 2.45) is 0 Å². The number of nitrogens with zero attached hydrogens (tertiary/aromatic N) is 1. The number of hydrogen-bond acceptors (Lipinski definition) is 1. The maximum absolute atomic E-state index is 12.7. The van der Waals surface area contributed by atoms with Crippen LogP contribution in [0.1, 0.15) is 5.69 Å². The average Bonchev–Trinajstić information content (AvgIpc) is 1.95. The molecule has 0 unspecified atom stereocenters. The standard InChI is InChI=1S/C7H3ClFN/c1-2-6-7(9)5(8)3-4-10-6/h1,3-4H. The van der Waals surface area contributed by atoms with Crippen molar-refractivity contribution in [2.75, 3.05) is 0 Å². The Morgan fingerprint density at radius 3 is 2.90 bits per heavy atom. The molecule has 0 amide bonds. The van der Waals surface area contributed by atoms with Gasteiger partial charge < -0.3 is 0 Å². The second-order valence-electron chi connectivity index (χ2n) is 1.60. The second-order valence-corrected chi connectivity index (χ2v) is 2.01. The Morgan fingerprint density at radius 1 is 1.70 bits per heavy atom. The van der Waals surface area contributed by atoms with Gasteiger partial charge in [0.25, 0.3) is 0 Å². The van der Waals surface area contributed by atoms with E-state index in [1.807, 2.05) is 0 Å². The maximum atomic E-state index is 12.7. The zero-order chi connectivity index (χ0) is 7.56. The zero-order valence-electron chi connectivity index (χ0n) is 4.94. The summed E-state index contributed by atoms with van der Waals surface area (Å²) >= 11 is 5.38. The van der Waals surface area contributed by atoms with E-state index in [4.69, 9.17) is 18.0 Å². The highest BCUT2D eigenvalue weighted by Gasteiger charge is 2.03. The SMILES string of the molecule is C#Cc1nccc(Cl)c1F. The van der Waals surface area contributed by atoms with Gasteiger partial charge in [-0.2, -0.15) is 0 Å². The third-order valence-corrected chi connectivity index (χ3v) is 1.27. The lowest BCUT2D eigenvalue weighted by Gasteiger charge is -1.93. The van der Waals surface area contributed by atoms with E-state index in [2.05, 4.69) is 10.9 Å². The molecular formula is C7H3ClFN. The van der Waals surface area contributed by atoms with Crippen molar-refractivity contribution in [1.29, 1.82) is 0 Å². The predicted octanol–water partition coefficient (Wildman–Crippen LogP) is 1.86. The molecule has 10 heavy (non-hydrogen) atoms. The van der Waals surface area contributed by atoms with Gasteiger partial charge in [-0.25, -0.2) is 9.37 Å². The molecule has 1 aromatic rings. The molecule has 0 fully saturated rings. The predicted molar refractivity (Wildman–Crippen MR) is 37.1 cm³/mol. The molecule has 1 nitrogen and oxygen atoms in total.